The van der Waals surface area contributed by atoms with Gasteiger partial charge in [-0.15, -0.1) is 0 Å². The van der Waals surface area contributed by atoms with Crippen LogP contribution in [0.3, 0.4) is 0 Å². The van der Waals surface area contributed by atoms with Crippen LogP contribution in [-0.2, 0) is 0 Å². The average molecular weight is 291 g/mol. The number of phenolic OH excluding ortho intramolecular Hbond substituents is 1. The first-order valence-corrected chi connectivity index (χ1v) is 6.07. The van der Waals surface area contributed by atoms with Gasteiger partial charge in [-0.1, -0.05) is 0 Å². The molecule has 21 heavy (non-hydrogen) atoms. The van der Waals surface area contributed by atoms with Crippen molar-refractivity contribution in [1.82, 2.24) is 0 Å². The Morgan fingerprint density at radius 3 is 2.43 bits per heavy atom. The number of hydrogen-bond acceptors (Lipinski definition) is 4. The van der Waals surface area contributed by atoms with Crippen LogP contribution >= 0.6 is 0 Å². The fourth-order valence-electron chi connectivity index (χ4n) is 1.81. The van der Waals surface area contributed by atoms with Gasteiger partial charge in [0.1, 0.15) is 11.6 Å². The van der Waals surface area contributed by atoms with Gasteiger partial charge in [0.15, 0.2) is 11.5 Å². The van der Waals surface area contributed by atoms with Gasteiger partial charge in [-0.25, -0.2) is 4.39 Å². The minimum atomic E-state index is -0.616. The van der Waals surface area contributed by atoms with E-state index in [0.717, 1.165) is 12.1 Å². The molecule has 110 valence electrons. The van der Waals surface area contributed by atoms with Crippen LogP contribution in [0.15, 0.2) is 36.4 Å². The van der Waals surface area contributed by atoms with E-state index in [1.807, 2.05) is 0 Å². The zero-order valence-corrected chi connectivity index (χ0v) is 11.5. The van der Waals surface area contributed by atoms with E-state index in [0.29, 0.717) is 17.2 Å². The van der Waals surface area contributed by atoms with E-state index in [2.05, 4.69) is 5.32 Å². The van der Waals surface area contributed by atoms with E-state index >= 15 is 0 Å². The van der Waals surface area contributed by atoms with Gasteiger partial charge in [-0.3, -0.25) is 4.79 Å². The molecule has 2 aromatic carbocycles. The molecule has 0 unspecified atom stereocenters. The van der Waals surface area contributed by atoms with E-state index in [1.54, 1.807) is 18.2 Å². The Labute approximate surface area is 120 Å². The van der Waals surface area contributed by atoms with E-state index in [4.69, 9.17) is 9.47 Å². The summed E-state index contributed by atoms with van der Waals surface area (Å²) < 4.78 is 23.1. The smallest absolute Gasteiger partial charge is 0.259 e. The molecule has 0 saturated heterocycles. The van der Waals surface area contributed by atoms with Gasteiger partial charge >= 0.3 is 0 Å². The normalized spacial score (nSPS) is 10.0. The zero-order valence-electron chi connectivity index (χ0n) is 11.5. The summed E-state index contributed by atoms with van der Waals surface area (Å²) in [6.45, 7) is 0. The van der Waals surface area contributed by atoms with Crippen molar-refractivity contribution >= 4 is 11.6 Å². The molecule has 2 rings (SSSR count). The number of hydrogen-bond donors (Lipinski definition) is 2. The molecule has 2 N–H and O–H groups in total. The molecule has 0 saturated carbocycles. The molecule has 0 aliphatic carbocycles. The van der Waals surface area contributed by atoms with Gasteiger partial charge in [0.25, 0.3) is 5.91 Å². The van der Waals surface area contributed by atoms with Gasteiger partial charge in [0.05, 0.1) is 19.8 Å². The standard InChI is InChI=1S/C15H14FNO4/c1-20-13-6-4-10(8-14(13)21-2)17-15(19)11-5-3-9(16)7-12(11)18/h3-8,18H,1-2H3,(H,17,19). The van der Waals surface area contributed by atoms with Crippen LogP contribution in [0.1, 0.15) is 10.4 Å². The highest BCUT2D eigenvalue weighted by atomic mass is 19.1. The number of nitrogens with one attached hydrogen (secondary N) is 1. The Balaban J connectivity index is 2.23. The number of aromatic hydroxyl groups is 1. The number of carbonyl (C=O) groups excluding carboxylic acids is 1. The Kier molecular flexibility index (Phi) is 4.27. The van der Waals surface area contributed by atoms with Crippen molar-refractivity contribution in [2.45, 2.75) is 0 Å². The maximum atomic E-state index is 12.9. The van der Waals surface area contributed by atoms with Crippen molar-refractivity contribution < 1.29 is 23.8 Å². The summed E-state index contributed by atoms with van der Waals surface area (Å²) in [6, 6.07) is 8.03. The lowest BCUT2D eigenvalue weighted by Gasteiger charge is -2.11. The Morgan fingerprint density at radius 1 is 1.10 bits per heavy atom. The predicted molar refractivity (Wildman–Crippen MR) is 75.6 cm³/mol. The maximum absolute atomic E-state index is 12.9. The number of amides is 1. The monoisotopic (exact) mass is 291 g/mol. The minimum absolute atomic E-state index is 0.0221. The number of methoxy groups -OCH3 is 2. The van der Waals surface area contributed by atoms with Crippen molar-refractivity contribution in [2.24, 2.45) is 0 Å². The van der Waals surface area contributed by atoms with Crippen molar-refractivity contribution in [2.75, 3.05) is 19.5 Å². The molecule has 0 heterocycles. The number of rotatable bonds is 4. The summed E-state index contributed by atoms with van der Waals surface area (Å²) in [5, 5.41) is 12.2. The van der Waals surface area contributed by atoms with Crippen molar-refractivity contribution in [3.8, 4) is 17.2 Å². The predicted octanol–water partition coefficient (Wildman–Crippen LogP) is 2.80. The van der Waals surface area contributed by atoms with Gasteiger partial charge in [0.2, 0.25) is 0 Å². The highest BCUT2D eigenvalue weighted by Gasteiger charge is 2.13. The molecule has 2 aromatic rings. The van der Waals surface area contributed by atoms with Crippen LogP contribution < -0.4 is 14.8 Å². The third-order valence-electron chi connectivity index (χ3n) is 2.85. The van der Waals surface area contributed by atoms with Crippen LogP contribution in [0.25, 0.3) is 0 Å². The maximum Gasteiger partial charge on any atom is 0.259 e. The van der Waals surface area contributed by atoms with Crippen molar-refractivity contribution in [3.63, 3.8) is 0 Å². The third-order valence-corrected chi connectivity index (χ3v) is 2.85. The molecule has 0 fully saturated rings. The molecule has 0 bridgehead atoms. The van der Waals surface area contributed by atoms with Crippen LogP contribution in [0.4, 0.5) is 10.1 Å². The summed E-state index contributed by atoms with van der Waals surface area (Å²) in [4.78, 5) is 12.0. The summed E-state index contributed by atoms with van der Waals surface area (Å²) in [6.07, 6.45) is 0. The number of anilines is 1. The first-order chi connectivity index (χ1) is 10.0. The molecule has 1 amide bonds. The third kappa shape index (κ3) is 3.22. The fraction of sp³-hybridized carbons (Fsp3) is 0.133. The minimum Gasteiger partial charge on any atom is -0.507 e. The lowest BCUT2D eigenvalue weighted by atomic mass is 10.1. The van der Waals surface area contributed by atoms with E-state index in [-0.39, 0.29) is 5.56 Å². The number of phenols is 1. The second-order valence-corrected chi connectivity index (χ2v) is 4.19. The lowest BCUT2D eigenvalue weighted by molar-refractivity contribution is 0.102. The summed E-state index contributed by atoms with van der Waals surface area (Å²) in [5.41, 5.74) is 0.438. The molecule has 0 atom stereocenters. The summed E-state index contributed by atoms with van der Waals surface area (Å²) in [7, 11) is 2.99. The molecular weight excluding hydrogens is 277 g/mol. The van der Waals surface area contributed by atoms with E-state index < -0.39 is 17.5 Å². The first-order valence-electron chi connectivity index (χ1n) is 6.07. The molecule has 5 nitrogen and oxygen atoms in total. The highest BCUT2D eigenvalue weighted by Crippen LogP contribution is 2.30. The number of ether oxygens (including phenoxy) is 2. The summed E-state index contributed by atoms with van der Waals surface area (Å²) in [5.74, 6) is -0.610. The van der Waals surface area contributed by atoms with Gasteiger partial charge < -0.3 is 19.9 Å². The largest absolute Gasteiger partial charge is 0.507 e. The highest BCUT2D eigenvalue weighted by molar-refractivity contribution is 6.06. The average Bonchev–Trinajstić information content (AvgIpc) is 2.46. The molecule has 0 aliphatic heterocycles. The number of carbonyl (C=O) groups is 1. The Hall–Kier alpha value is -2.76. The van der Waals surface area contributed by atoms with E-state index in [1.165, 1.54) is 20.3 Å². The van der Waals surface area contributed by atoms with Crippen molar-refractivity contribution in [1.29, 1.82) is 0 Å². The molecule has 0 aromatic heterocycles. The number of halogens is 1. The second-order valence-electron chi connectivity index (χ2n) is 4.19. The van der Waals surface area contributed by atoms with E-state index in [9.17, 15) is 14.3 Å². The van der Waals surface area contributed by atoms with Crippen LogP contribution in [-0.4, -0.2) is 25.2 Å². The molecule has 6 heteroatoms. The topological polar surface area (TPSA) is 67.8 Å². The number of benzene rings is 2. The Bertz CT molecular complexity index is 673. The lowest BCUT2D eigenvalue weighted by Crippen LogP contribution is -2.12. The van der Waals surface area contributed by atoms with Crippen LogP contribution in [0.2, 0.25) is 0 Å². The molecular formula is C15H14FNO4. The van der Waals surface area contributed by atoms with Crippen LogP contribution in [0, 0.1) is 5.82 Å². The first kappa shape index (κ1) is 14.6. The molecule has 0 spiro atoms. The quantitative estimate of drug-likeness (QED) is 0.909. The van der Waals surface area contributed by atoms with Gasteiger partial charge in [-0.2, -0.15) is 0 Å². The van der Waals surface area contributed by atoms with Gasteiger partial charge in [0, 0.05) is 17.8 Å². The zero-order chi connectivity index (χ0) is 15.4. The molecule has 0 aliphatic rings. The SMILES string of the molecule is COc1ccc(NC(=O)c2ccc(F)cc2O)cc1OC. The summed E-state index contributed by atoms with van der Waals surface area (Å²) >= 11 is 0. The van der Waals surface area contributed by atoms with Crippen molar-refractivity contribution in [3.05, 3.63) is 47.8 Å². The Morgan fingerprint density at radius 2 is 1.81 bits per heavy atom. The molecule has 0 radical (unpaired) electrons. The second kappa shape index (κ2) is 6.13. The van der Waals surface area contributed by atoms with Crippen LogP contribution in [0.5, 0.6) is 17.2 Å². The van der Waals surface area contributed by atoms with Gasteiger partial charge in [-0.05, 0) is 24.3 Å². The fourth-order valence-corrected chi connectivity index (χ4v) is 1.81.